The van der Waals surface area contributed by atoms with E-state index in [1.165, 1.54) is 17.9 Å². The van der Waals surface area contributed by atoms with Crippen LogP contribution in [0.25, 0.3) is 6.08 Å². The predicted octanol–water partition coefficient (Wildman–Crippen LogP) is 1.63. The van der Waals surface area contributed by atoms with Crippen molar-refractivity contribution in [2.75, 3.05) is 13.1 Å². The summed E-state index contributed by atoms with van der Waals surface area (Å²) >= 11 is 0. The number of benzene rings is 1. The lowest BCUT2D eigenvalue weighted by Gasteiger charge is -2.24. The molecule has 0 saturated carbocycles. The van der Waals surface area contributed by atoms with Gasteiger partial charge in [-0.3, -0.25) is 9.59 Å². The number of carboxylic acids is 1. The van der Waals surface area contributed by atoms with E-state index in [9.17, 15) is 14.7 Å². The molecule has 0 radical (unpaired) electrons. The monoisotopic (exact) mass is 291 g/mol. The standard InChI is InChI=1S/C16H21NO4/c1-12(16(20)21)10-17(11-13(2)18)15(19)9-8-14-6-4-3-5-7-14/h3-9,12-13,18H,10-11H2,1-2H3,(H,20,21)/b9-8+. The first-order valence-corrected chi connectivity index (χ1v) is 6.83. The molecule has 5 heteroatoms. The van der Waals surface area contributed by atoms with E-state index >= 15 is 0 Å². The van der Waals surface area contributed by atoms with Crippen molar-refractivity contribution in [1.29, 1.82) is 0 Å². The first kappa shape index (κ1) is 16.9. The van der Waals surface area contributed by atoms with Crippen molar-refractivity contribution in [2.45, 2.75) is 20.0 Å². The number of carbonyl (C=O) groups excluding carboxylic acids is 1. The number of hydrogen-bond donors (Lipinski definition) is 2. The predicted molar refractivity (Wildman–Crippen MR) is 80.5 cm³/mol. The smallest absolute Gasteiger partial charge is 0.308 e. The maximum atomic E-state index is 12.1. The fourth-order valence-electron chi connectivity index (χ4n) is 1.82. The Kier molecular flexibility index (Phi) is 6.62. The number of aliphatic hydroxyl groups is 1. The van der Waals surface area contributed by atoms with E-state index in [2.05, 4.69) is 0 Å². The van der Waals surface area contributed by atoms with Crippen molar-refractivity contribution in [2.24, 2.45) is 5.92 Å². The second-order valence-corrected chi connectivity index (χ2v) is 5.08. The molecule has 0 spiro atoms. The second-order valence-electron chi connectivity index (χ2n) is 5.08. The van der Waals surface area contributed by atoms with Crippen LogP contribution >= 0.6 is 0 Å². The molecule has 0 fully saturated rings. The highest BCUT2D eigenvalue weighted by atomic mass is 16.4. The van der Waals surface area contributed by atoms with E-state index in [1.54, 1.807) is 13.0 Å². The van der Waals surface area contributed by atoms with Crippen molar-refractivity contribution in [1.82, 2.24) is 4.90 Å². The summed E-state index contributed by atoms with van der Waals surface area (Å²) in [4.78, 5) is 24.4. The number of nitrogens with zero attached hydrogens (tertiary/aromatic N) is 1. The van der Waals surface area contributed by atoms with Crippen LogP contribution in [0.4, 0.5) is 0 Å². The van der Waals surface area contributed by atoms with Gasteiger partial charge in [0.15, 0.2) is 0 Å². The van der Waals surface area contributed by atoms with Crippen LogP contribution in [0.2, 0.25) is 0 Å². The summed E-state index contributed by atoms with van der Waals surface area (Å²) in [5.74, 6) is -1.96. The van der Waals surface area contributed by atoms with Crippen LogP contribution < -0.4 is 0 Å². The third-order valence-electron chi connectivity index (χ3n) is 2.93. The fourth-order valence-corrected chi connectivity index (χ4v) is 1.82. The Morgan fingerprint density at radius 3 is 2.33 bits per heavy atom. The van der Waals surface area contributed by atoms with E-state index < -0.39 is 18.0 Å². The normalized spacial score (nSPS) is 13.9. The molecule has 2 unspecified atom stereocenters. The highest BCUT2D eigenvalue weighted by Crippen LogP contribution is 2.06. The molecule has 5 nitrogen and oxygen atoms in total. The molecule has 2 N–H and O–H groups in total. The van der Waals surface area contributed by atoms with Gasteiger partial charge in [-0.15, -0.1) is 0 Å². The first-order chi connectivity index (χ1) is 9.90. The lowest BCUT2D eigenvalue weighted by molar-refractivity contribution is -0.142. The number of amides is 1. The SMILES string of the molecule is CC(O)CN(CC(C)C(=O)O)C(=O)/C=C/c1ccccc1. The van der Waals surface area contributed by atoms with Gasteiger partial charge in [0.1, 0.15) is 0 Å². The van der Waals surface area contributed by atoms with Gasteiger partial charge in [-0.25, -0.2) is 0 Å². The van der Waals surface area contributed by atoms with Crippen LogP contribution in [0.1, 0.15) is 19.4 Å². The number of carbonyl (C=O) groups is 2. The Morgan fingerprint density at radius 1 is 1.19 bits per heavy atom. The first-order valence-electron chi connectivity index (χ1n) is 6.83. The lowest BCUT2D eigenvalue weighted by Crippen LogP contribution is -2.40. The summed E-state index contributed by atoms with van der Waals surface area (Å²) in [5.41, 5.74) is 0.883. The molecular formula is C16H21NO4. The van der Waals surface area contributed by atoms with Gasteiger partial charge in [-0.05, 0) is 18.6 Å². The van der Waals surface area contributed by atoms with E-state index in [1.807, 2.05) is 30.3 Å². The molecule has 1 aromatic rings. The van der Waals surface area contributed by atoms with Gasteiger partial charge >= 0.3 is 5.97 Å². The quantitative estimate of drug-likeness (QED) is 0.748. The molecule has 21 heavy (non-hydrogen) atoms. The Hall–Kier alpha value is -2.14. The molecule has 0 saturated heterocycles. The zero-order chi connectivity index (χ0) is 15.8. The topological polar surface area (TPSA) is 77.8 Å². The van der Waals surface area contributed by atoms with Gasteiger partial charge in [-0.2, -0.15) is 0 Å². The van der Waals surface area contributed by atoms with Crippen LogP contribution in [0.3, 0.4) is 0 Å². The molecule has 1 rings (SSSR count). The molecule has 0 aliphatic heterocycles. The molecule has 0 heterocycles. The summed E-state index contributed by atoms with van der Waals surface area (Å²) in [7, 11) is 0. The number of carboxylic acid groups (broad SMARTS) is 1. The number of aliphatic hydroxyl groups excluding tert-OH is 1. The number of rotatable bonds is 7. The van der Waals surface area contributed by atoms with Crippen LogP contribution in [-0.4, -0.2) is 46.2 Å². The summed E-state index contributed by atoms with van der Waals surface area (Å²) in [5, 5.41) is 18.4. The van der Waals surface area contributed by atoms with E-state index in [0.717, 1.165) is 5.56 Å². The van der Waals surface area contributed by atoms with Crippen molar-refractivity contribution in [3.63, 3.8) is 0 Å². The van der Waals surface area contributed by atoms with Gasteiger partial charge in [0.05, 0.1) is 12.0 Å². The average Bonchev–Trinajstić information content (AvgIpc) is 2.44. The number of hydrogen-bond acceptors (Lipinski definition) is 3. The van der Waals surface area contributed by atoms with Gasteiger partial charge in [0.2, 0.25) is 5.91 Å². The lowest BCUT2D eigenvalue weighted by atomic mass is 10.1. The summed E-state index contributed by atoms with van der Waals surface area (Å²) < 4.78 is 0. The zero-order valence-electron chi connectivity index (χ0n) is 12.3. The van der Waals surface area contributed by atoms with Gasteiger partial charge in [0.25, 0.3) is 0 Å². The van der Waals surface area contributed by atoms with Crippen molar-refractivity contribution < 1.29 is 19.8 Å². The Bertz CT molecular complexity index is 496. The molecular weight excluding hydrogens is 270 g/mol. The maximum Gasteiger partial charge on any atom is 0.308 e. The van der Waals surface area contributed by atoms with Crippen LogP contribution in [-0.2, 0) is 9.59 Å². The Morgan fingerprint density at radius 2 is 1.81 bits per heavy atom. The Labute approximate surface area is 124 Å². The molecule has 0 aliphatic rings. The fraction of sp³-hybridized carbons (Fsp3) is 0.375. The second kappa shape index (κ2) is 8.21. The zero-order valence-corrected chi connectivity index (χ0v) is 12.3. The van der Waals surface area contributed by atoms with Gasteiger partial charge in [0, 0.05) is 19.2 Å². The largest absolute Gasteiger partial charge is 0.481 e. The highest BCUT2D eigenvalue weighted by Gasteiger charge is 2.20. The van der Waals surface area contributed by atoms with Gasteiger partial charge < -0.3 is 15.1 Å². The highest BCUT2D eigenvalue weighted by molar-refractivity contribution is 5.92. The molecule has 1 amide bonds. The minimum absolute atomic E-state index is 0.0677. The van der Waals surface area contributed by atoms with E-state index in [-0.39, 0.29) is 19.0 Å². The van der Waals surface area contributed by atoms with Crippen molar-refractivity contribution >= 4 is 18.0 Å². The molecule has 1 aromatic carbocycles. The summed E-state index contributed by atoms with van der Waals surface area (Å²) in [6.07, 6.45) is 2.36. The van der Waals surface area contributed by atoms with E-state index in [0.29, 0.717) is 0 Å². The van der Waals surface area contributed by atoms with Crippen molar-refractivity contribution in [3.8, 4) is 0 Å². The molecule has 114 valence electrons. The molecule has 0 aliphatic carbocycles. The van der Waals surface area contributed by atoms with Crippen LogP contribution in [0.5, 0.6) is 0 Å². The molecule has 2 atom stereocenters. The minimum Gasteiger partial charge on any atom is -0.481 e. The summed E-state index contributed by atoms with van der Waals surface area (Å²) in [6.45, 7) is 3.27. The third-order valence-corrected chi connectivity index (χ3v) is 2.93. The number of aliphatic carboxylic acids is 1. The third kappa shape index (κ3) is 6.23. The van der Waals surface area contributed by atoms with Crippen LogP contribution in [0.15, 0.2) is 36.4 Å². The van der Waals surface area contributed by atoms with Gasteiger partial charge in [-0.1, -0.05) is 37.3 Å². The Balaban J connectivity index is 2.75. The maximum absolute atomic E-state index is 12.1. The molecule has 0 aromatic heterocycles. The van der Waals surface area contributed by atoms with Crippen LogP contribution in [0, 0.1) is 5.92 Å². The molecule has 0 bridgehead atoms. The van der Waals surface area contributed by atoms with Crippen molar-refractivity contribution in [3.05, 3.63) is 42.0 Å². The van der Waals surface area contributed by atoms with E-state index in [4.69, 9.17) is 5.11 Å². The average molecular weight is 291 g/mol. The minimum atomic E-state index is -0.967. The summed E-state index contributed by atoms with van der Waals surface area (Å²) in [6, 6.07) is 9.34.